The number of amides is 4. The van der Waals surface area contributed by atoms with Crippen LogP contribution < -0.4 is 16.0 Å². The summed E-state index contributed by atoms with van der Waals surface area (Å²) < 4.78 is 40.8. The molecule has 1 saturated heterocycles. The minimum absolute atomic E-state index is 0.00781. The molecule has 2 aromatic rings. The highest BCUT2D eigenvalue weighted by molar-refractivity contribution is 6.07. The van der Waals surface area contributed by atoms with Crippen LogP contribution in [0.2, 0.25) is 0 Å². The van der Waals surface area contributed by atoms with Gasteiger partial charge in [-0.05, 0) is 28.7 Å². The van der Waals surface area contributed by atoms with Crippen LogP contribution in [0.15, 0.2) is 48.8 Å². The smallest absolute Gasteiger partial charge is 0.342 e. The maximum atomic E-state index is 14.2. The highest BCUT2D eigenvalue weighted by atomic mass is 19.4. The predicted octanol–water partition coefficient (Wildman–Crippen LogP) is 1.99. The van der Waals surface area contributed by atoms with Gasteiger partial charge in [0.1, 0.15) is 31.3 Å². The molecule has 1 spiro atoms. The van der Waals surface area contributed by atoms with Crippen LogP contribution in [0.1, 0.15) is 38.3 Å². The summed E-state index contributed by atoms with van der Waals surface area (Å²) in [5.74, 6) is -4.04. The standard InChI is InChI=1S/C29H33F3N6O4/c1-27(2,3)22(36-26(42)29(30,31)32)23(39)34-20(13-17-9-8-12-33-15-17)24(40)38-16-28(14-21(38)37(4)5)18-10-6-7-11-19(18)35-25(28)41/h6-12,15,20-22H,4,13-14,16H2,1-3,5H3,(H2-,34,35,36,39,41,42)/p+1/t20-,21-,22+,28-/m0/s1. The summed E-state index contributed by atoms with van der Waals surface area (Å²) in [6, 6.07) is 7.69. The Morgan fingerprint density at radius 3 is 2.45 bits per heavy atom. The first-order valence-corrected chi connectivity index (χ1v) is 13.4. The molecule has 1 aromatic carbocycles. The Morgan fingerprint density at radius 2 is 1.86 bits per heavy atom. The number of alkyl halides is 3. The number of benzene rings is 1. The lowest BCUT2D eigenvalue weighted by molar-refractivity contribution is -0.549. The molecule has 0 unspecified atom stereocenters. The van der Waals surface area contributed by atoms with E-state index < -0.39 is 53.0 Å². The maximum absolute atomic E-state index is 14.2. The van der Waals surface area contributed by atoms with Gasteiger partial charge in [-0.3, -0.25) is 29.1 Å². The molecule has 0 saturated carbocycles. The minimum atomic E-state index is -5.21. The van der Waals surface area contributed by atoms with Gasteiger partial charge >= 0.3 is 12.1 Å². The van der Waals surface area contributed by atoms with Crippen molar-refractivity contribution in [1.29, 1.82) is 0 Å². The lowest BCUT2D eigenvalue weighted by atomic mass is 9.80. The van der Waals surface area contributed by atoms with Crippen LogP contribution in [0.4, 0.5) is 18.9 Å². The lowest BCUT2D eigenvalue weighted by Gasteiger charge is -2.33. The number of rotatable bonds is 7. The summed E-state index contributed by atoms with van der Waals surface area (Å²) in [5.41, 5.74) is -0.212. The second kappa shape index (κ2) is 11.2. The minimum Gasteiger partial charge on any atom is -0.342 e. The Balaban J connectivity index is 1.68. The topological polar surface area (TPSA) is 124 Å². The Labute approximate surface area is 241 Å². The number of hydrogen-bond acceptors (Lipinski definition) is 5. The van der Waals surface area contributed by atoms with Crippen LogP contribution >= 0.6 is 0 Å². The van der Waals surface area contributed by atoms with Crippen molar-refractivity contribution in [2.24, 2.45) is 5.41 Å². The lowest BCUT2D eigenvalue weighted by Crippen LogP contribution is -2.60. The van der Waals surface area contributed by atoms with Crippen LogP contribution in [0.3, 0.4) is 0 Å². The summed E-state index contributed by atoms with van der Waals surface area (Å²) >= 11 is 0. The van der Waals surface area contributed by atoms with Gasteiger partial charge in [-0.25, -0.2) is 4.58 Å². The van der Waals surface area contributed by atoms with Gasteiger partial charge in [0.25, 0.3) is 5.91 Å². The fourth-order valence-corrected chi connectivity index (χ4v) is 5.53. The molecule has 2 aliphatic heterocycles. The van der Waals surface area contributed by atoms with Crippen LogP contribution in [0.5, 0.6) is 0 Å². The number of nitrogens with zero attached hydrogens (tertiary/aromatic N) is 3. The number of nitrogens with one attached hydrogen (secondary N) is 3. The van der Waals surface area contributed by atoms with E-state index in [1.54, 1.807) is 41.2 Å². The third kappa shape index (κ3) is 6.00. The predicted molar refractivity (Wildman–Crippen MR) is 147 cm³/mol. The van der Waals surface area contributed by atoms with Crippen molar-refractivity contribution in [3.05, 3.63) is 59.9 Å². The van der Waals surface area contributed by atoms with Crippen LogP contribution in [0.25, 0.3) is 0 Å². The number of carbonyl (C=O) groups excluding carboxylic acids is 4. The van der Waals surface area contributed by atoms with E-state index in [-0.39, 0.29) is 25.3 Å². The fourth-order valence-electron chi connectivity index (χ4n) is 5.53. The Bertz CT molecular complexity index is 1410. The second-order valence-corrected chi connectivity index (χ2v) is 11.9. The normalized spacial score (nSPS) is 21.4. The summed E-state index contributed by atoms with van der Waals surface area (Å²) in [5, 5.41) is 7.25. The van der Waals surface area contributed by atoms with Gasteiger partial charge in [-0.1, -0.05) is 45.0 Å². The molecule has 0 bridgehead atoms. The number of carbonyl (C=O) groups is 4. The van der Waals surface area contributed by atoms with E-state index in [1.165, 1.54) is 38.1 Å². The van der Waals surface area contributed by atoms with E-state index in [0.29, 0.717) is 11.3 Å². The summed E-state index contributed by atoms with van der Waals surface area (Å²) in [7, 11) is 1.67. The molecule has 3 N–H and O–H groups in total. The zero-order valence-corrected chi connectivity index (χ0v) is 23.8. The Kier molecular flexibility index (Phi) is 8.16. The van der Waals surface area contributed by atoms with Crippen LogP contribution in [-0.2, 0) is 31.0 Å². The van der Waals surface area contributed by atoms with E-state index in [0.717, 1.165) is 5.56 Å². The number of fused-ring (bicyclic) bond motifs is 2. The van der Waals surface area contributed by atoms with E-state index in [1.807, 2.05) is 12.1 Å². The first-order valence-electron chi connectivity index (χ1n) is 13.4. The van der Waals surface area contributed by atoms with E-state index in [4.69, 9.17) is 0 Å². The molecule has 0 radical (unpaired) electrons. The molecule has 3 heterocycles. The van der Waals surface area contributed by atoms with Crippen molar-refractivity contribution in [2.45, 2.75) is 63.5 Å². The largest absolute Gasteiger partial charge is 0.471 e. The molecule has 13 heteroatoms. The number of aromatic nitrogens is 1. The number of pyridine rings is 1. The van der Waals surface area contributed by atoms with Crippen molar-refractivity contribution in [1.82, 2.24) is 20.5 Å². The summed E-state index contributed by atoms with van der Waals surface area (Å²) in [6.45, 7) is 8.46. The number of halogens is 3. The zero-order chi connectivity index (χ0) is 31.0. The van der Waals surface area contributed by atoms with E-state index >= 15 is 0 Å². The average molecular weight is 588 g/mol. The Morgan fingerprint density at radius 1 is 1.17 bits per heavy atom. The van der Waals surface area contributed by atoms with Crippen LogP contribution in [0, 0.1) is 5.41 Å². The van der Waals surface area contributed by atoms with Crippen molar-refractivity contribution in [3.8, 4) is 0 Å². The van der Waals surface area contributed by atoms with Crippen molar-refractivity contribution in [2.75, 3.05) is 18.9 Å². The van der Waals surface area contributed by atoms with E-state index in [9.17, 15) is 32.3 Å². The monoisotopic (exact) mass is 587 g/mol. The van der Waals surface area contributed by atoms with Gasteiger partial charge in [0.05, 0.1) is 6.42 Å². The molecule has 224 valence electrons. The SMILES string of the molecule is C=[N+](C)[C@@H]1C[C@@]2(CN1C(=O)[C@H](Cc1cccnc1)NC(=O)[C@@H](NC(=O)C(F)(F)F)C(C)(C)C)C(=O)Nc1ccccc12. The maximum Gasteiger partial charge on any atom is 0.471 e. The molecular formula is C29H34F3N6O4+. The Hall–Kier alpha value is -4.29. The van der Waals surface area contributed by atoms with Crippen molar-refractivity contribution < 1.29 is 36.9 Å². The van der Waals surface area contributed by atoms with Gasteiger partial charge < -0.3 is 16.0 Å². The molecule has 42 heavy (non-hydrogen) atoms. The summed E-state index contributed by atoms with van der Waals surface area (Å²) in [4.78, 5) is 58.4. The molecule has 4 atom stereocenters. The average Bonchev–Trinajstić information content (AvgIpc) is 3.44. The molecule has 1 aromatic heterocycles. The third-order valence-corrected chi connectivity index (χ3v) is 7.69. The molecule has 0 aliphatic carbocycles. The van der Waals surface area contributed by atoms with Gasteiger partial charge in [0.15, 0.2) is 0 Å². The van der Waals surface area contributed by atoms with E-state index in [2.05, 4.69) is 22.3 Å². The number of likely N-dealkylation sites (tertiary alicyclic amines) is 1. The van der Waals surface area contributed by atoms with Crippen molar-refractivity contribution in [3.63, 3.8) is 0 Å². The highest BCUT2D eigenvalue weighted by Gasteiger charge is 2.59. The molecule has 4 rings (SSSR count). The van der Waals surface area contributed by atoms with Gasteiger partial charge in [-0.15, -0.1) is 0 Å². The highest BCUT2D eigenvalue weighted by Crippen LogP contribution is 2.46. The molecule has 2 aliphatic rings. The summed E-state index contributed by atoms with van der Waals surface area (Å²) in [6.07, 6.45) is -2.59. The number of para-hydroxylation sites is 1. The molecule has 4 amide bonds. The second-order valence-electron chi connectivity index (χ2n) is 11.9. The number of anilines is 1. The van der Waals surface area contributed by atoms with Gasteiger partial charge in [0.2, 0.25) is 18.0 Å². The number of hydrogen-bond donors (Lipinski definition) is 3. The first-order chi connectivity index (χ1) is 19.5. The molecular weight excluding hydrogens is 553 g/mol. The first kappa shape index (κ1) is 30.7. The van der Waals surface area contributed by atoms with Gasteiger partial charge in [-0.2, -0.15) is 13.2 Å². The third-order valence-electron chi connectivity index (χ3n) is 7.69. The zero-order valence-electron chi connectivity index (χ0n) is 23.8. The fraction of sp³-hybridized carbons (Fsp3) is 0.448. The van der Waals surface area contributed by atoms with Crippen molar-refractivity contribution >= 4 is 36.0 Å². The quantitative estimate of drug-likeness (QED) is 0.338. The molecule has 1 fully saturated rings. The van der Waals surface area contributed by atoms with Crippen LogP contribution in [-0.4, -0.2) is 82.8 Å². The van der Waals surface area contributed by atoms with Gasteiger partial charge in [0, 0.05) is 31.0 Å². The molecule has 10 nitrogen and oxygen atoms in total.